The number of carbonyl (C=O) groups is 2. The van der Waals surface area contributed by atoms with Crippen LogP contribution in [0.25, 0.3) is 0 Å². The fraction of sp³-hybridized carbons (Fsp3) is 0.500. The summed E-state index contributed by atoms with van der Waals surface area (Å²) >= 11 is 0. The van der Waals surface area contributed by atoms with Crippen molar-refractivity contribution in [2.45, 2.75) is 27.2 Å². The molecule has 1 aliphatic rings. The van der Waals surface area contributed by atoms with Crippen molar-refractivity contribution < 1.29 is 9.59 Å². The molecule has 1 saturated heterocycles. The van der Waals surface area contributed by atoms with Crippen LogP contribution in [0.2, 0.25) is 0 Å². The topological polar surface area (TPSA) is 63.4 Å². The highest BCUT2D eigenvalue weighted by Gasteiger charge is 2.39. The van der Waals surface area contributed by atoms with Crippen LogP contribution in [0.1, 0.15) is 34.8 Å². The highest BCUT2D eigenvalue weighted by Crippen LogP contribution is 2.29. The number of carbonyl (C=O) groups excluding carboxylic acids is 2. The third-order valence-electron chi connectivity index (χ3n) is 4.34. The number of nitrogens with two attached hydrogens (primary N) is 1. The minimum atomic E-state index is -0.497. The second kappa shape index (κ2) is 5.37. The van der Waals surface area contributed by atoms with Crippen molar-refractivity contribution >= 4 is 11.7 Å². The first-order valence-electron chi connectivity index (χ1n) is 6.94. The molecule has 1 fully saturated rings. The van der Waals surface area contributed by atoms with Crippen LogP contribution in [0, 0.1) is 19.3 Å². The lowest BCUT2D eigenvalue weighted by molar-refractivity contribution is -0.126. The minimum absolute atomic E-state index is 0.0989. The van der Waals surface area contributed by atoms with Crippen molar-refractivity contribution in [3.05, 3.63) is 34.9 Å². The number of hydrogen-bond acceptors (Lipinski definition) is 3. The fourth-order valence-corrected chi connectivity index (χ4v) is 2.60. The van der Waals surface area contributed by atoms with E-state index in [0.717, 1.165) is 24.1 Å². The number of benzene rings is 1. The molecule has 20 heavy (non-hydrogen) atoms. The molecule has 2 rings (SSSR count). The third kappa shape index (κ3) is 2.90. The number of amides is 1. The number of aryl methyl sites for hydroxylation is 2. The first kappa shape index (κ1) is 14.7. The van der Waals surface area contributed by atoms with Crippen LogP contribution in [0.5, 0.6) is 0 Å². The summed E-state index contributed by atoms with van der Waals surface area (Å²) < 4.78 is 0. The molecule has 4 nitrogen and oxygen atoms in total. The van der Waals surface area contributed by atoms with Crippen LogP contribution in [0.3, 0.4) is 0 Å². The van der Waals surface area contributed by atoms with Gasteiger partial charge in [-0.05, 0) is 50.9 Å². The summed E-state index contributed by atoms with van der Waals surface area (Å²) in [6, 6.07) is 5.77. The van der Waals surface area contributed by atoms with Gasteiger partial charge in [0, 0.05) is 12.1 Å². The van der Waals surface area contributed by atoms with Gasteiger partial charge >= 0.3 is 0 Å². The highest BCUT2D eigenvalue weighted by molar-refractivity contribution is 5.98. The van der Waals surface area contributed by atoms with Crippen LogP contribution in [0.4, 0.5) is 0 Å². The summed E-state index contributed by atoms with van der Waals surface area (Å²) in [6.07, 6.45) is 0.725. The molecule has 2 N–H and O–H groups in total. The largest absolute Gasteiger partial charge is 0.369 e. The lowest BCUT2D eigenvalue weighted by atomic mass is 9.89. The van der Waals surface area contributed by atoms with Gasteiger partial charge in [0.05, 0.1) is 12.0 Å². The summed E-state index contributed by atoms with van der Waals surface area (Å²) in [5, 5.41) is 0. The molecule has 0 aliphatic carbocycles. The van der Waals surface area contributed by atoms with E-state index in [9.17, 15) is 9.59 Å². The van der Waals surface area contributed by atoms with E-state index in [0.29, 0.717) is 13.1 Å². The average molecular weight is 274 g/mol. The second-order valence-corrected chi connectivity index (χ2v) is 6.11. The van der Waals surface area contributed by atoms with E-state index in [1.807, 2.05) is 43.9 Å². The van der Waals surface area contributed by atoms with E-state index in [1.165, 1.54) is 5.56 Å². The first-order chi connectivity index (χ1) is 9.32. The molecule has 1 atom stereocenters. The molecule has 0 aromatic heterocycles. The van der Waals surface area contributed by atoms with Gasteiger partial charge in [0.2, 0.25) is 5.91 Å². The van der Waals surface area contributed by atoms with Crippen molar-refractivity contribution in [3.63, 3.8) is 0 Å². The normalized spacial score (nSPS) is 22.9. The molecule has 0 radical (unpaired) electrons. The third-order valence-corrected chi connectivity index (χ3v) is 4.34. The van der Waals surface area contributed by atoms with Gasteiger partial charge in [-0.25, -0.2) is 0 Å². The fourth-order valence-electron chi connectivity index (χ4n) is 2.60. The van der Waals surface area contributed by atoms with Gasteiger partial charge in [-0.3, -0.25) is 14.5 Å². The van der Waals surface area contributed by atoms with Crippen molar-refractivity contribution in [2.24, 2.45) is 11.1 Å². The Balaban J connectivity index is 2.02. The molecule has 0 bridgehead atoms. The van der Waals surface area contributed by atoms with Crippen molar-refractivity contribution in [1.29, 1.82) is 0 Å². The zero-order chi connectivity index (χ0) is 14.9. The lowest BCUT2D eigenvalue weighted by Gasteiger charge is -2.20. The van der Waals surface area contributed by atoms with Crippen LogP contribution < -0.4 is 5.73 Å². The average Bonchev–Trinajstić information content (AvgIpc) is 2.75. The van der Waals surface area contributed by atoms with E-state index in [2.05, 4.69) is 0 Å². The van der Waals surface area contributed by atoms with Gasteiger partial charge in [0.25, 0.3) is 0 Å². The molecule has 108 valence electrons. The molecular weight excluding hydrogens is 252 g/mol. The molecule has 1 aliphatic heterocycles. The molecule has 1 amide bonds. The number of Topliss-reactive ketones (excluding diaryl/α,β-unsaturated/α-hetero) is 1. The van der Waals surface area contributed by atoms with Gasteiger partial charge in [-0.15, -0.1) is 0 Å². The van der Waals surface area contributed by atoms with E-state index in [-0.39, 0.29) is 11.7 Å². The van der Waals surface area contributed by atoms with Crippen LogP contribution in [-0.4, -0.2) is 36.2 Å². The van der Waals surface area contributed by atoms with E-state index < -0.39 is 5.41 Å². The number of hydrogen-bond donors (Lipinski definition) is 1. The Bertz CT molecular complexity index is 553. The van der Waals surface area contributed by atoms with Crippen LogP contribution >= 0.6 is 0 Å². The lowest BCUT2D eigenvalue weighted by Crippen LogP contribution is -2.38. The maximum atomic E-state index is 12.3. The number of nitrogens with zero attached hydrogens (tertiary/aromatic N) is 1. The van der Waals surface area contributed by atoms with Gasteiger partial charge in [0.15, 0.2) is 5.78 Å². The predicted octanol–water partition coefficient (Wildman–Crippen LogP) is 1.68. The Morgan fingerprint density at radius 3 is 2.55 bits per heavy atom. The standard InChI is InChI=1S/C16H22N2O2/c1-11-4-5-13(8-12(11)2)14(19)9-18-7-6-16(3,10-18)15(17)20/h4-5,8H,6-7,9-10H2,1-3H3,(H2,17,20). The number of ketones is 1. The molecule has 4 heteroatoms. The minimum Gasteiger partial charge on any atom is -0.369 e. The summed E-state index contributed by atoms with van der Waals surface area (Å²) in [7, 11) is 0. The number of likely N-dealkylation sites (tertiary alicyclic amines) is 1. The summed E-state index contributed by atoms with van der Waals surface area (Å²) in [5.74, 6) is -0.180. The quantitative estimate of drug-likeness (QED) is 0.850. The van der Waals surface area contributed by atoms with E-state index in [1.54, 1.807) is 0 Å². The van der Waals surface area contributed by atoms with E-state index in [4.69, 9.17) is 5.73 Å². The summed E-state index contributed by atoms with van der Waals surface area (Å²) in [5.41, 5.74) is 7.97. The maximum absolute atomic E-state index is 12.3. The second-order valence-electron chi connectivity index (χ2n) is 6.11. The molecule has 0 saturated carbocycles. The first-order valence-corrected chi connectivity index (χ1v) is 6.94. The van der Waals surface area contributed by atoms with Crippen LogP contribution in [-0.2, 0) is 4.79 Å². The summed E-state index contributed by atoms with van der Waals surface area (Å²) in [4.78, 5) is 25.7. The zero-order valence-corrected chi connectivity index (χ0v) is 12.4. The van der Waals surface area contributed by atoms with Crippen molar-refractivity contribution in [2.75, 3.05) is 19.6 Å². The van der Waals surface area contributed by atoms with Crippen molar-refractivity contribution in [1.82, 2.24) is 4.90 Å². The van der Waals surface area contributed by atoms with Gasteiger partial charge < -0.3 is 5.73 Å². The molecular formula is C16H22N2O2. The Morgan fingerprint density at radius 1 is 1.30 bits per heavy atom. The summed E-state index contributed by atoms with van der Waals surface area (Å²) in [6.45, 7) is 7.57. The molecule has 1 aromatic carbocycles. The predicted molar refractivity (Wildman–Crippen MR) is 78.6 cm³/mol. The highest BCUT2D eigenvalue weighted by atomic mass is 16.1. The van der Waals surface area contributed by atoms with Gasteiger partial charge in [-0.2, -0.15) is 0 Å². The van der Waals surface area contributed by atoms with Crippen LogP contribution in [0.15, 0.2) is 18.2 Å². The number of rotatable bonds is 4. The SMILES string of the molecule is Cc1ccc(C(=O)CN2CCC(C)(C(N)=O)C2)cc1C. The molecule has 1 aromatic rings. The molecule has 1 heterocycles. The van der Waals surface area contributed by atoms with Crippen molar-refractivity contribution in [3.8, 4) is 0 Å². The Morgan fingerprint density at radius 2 is 2.00 bits per heavy atom. The molecule has 1 unspecified atom stereocenters. The maximum Gasteiger partial charge on any atom is 0.224 e. The zero-order valence-electron chi connectivity index (χ0n) is 12.4. The Labute approximate surface area is 119 Å². The smallest absolute Gasteiger partial charge is 0.224 e. The molecule has 0 spiro atoms. The van der Waals surface area contributed by atoms with Gasteiger partial charge in [-0.1, -0.05) is 12.1 Å². The van der Waals surface area contributed by atoms with Gasteiger partial charge in [0.1, 0.15) is 0 Å². The Kier molecular flexibility index (Phi) is 3.95. The number of primary amides is 1. The van der Waals surface area contributed by atoms with E-state index >= 15 is 0 Å². The monoisotopic (exact) mass is 274 g/mol. The Hall–Kier alpha value is -1.68.